The van der Waals surface area contributed by atoms with Crippen LogP contribution in [0.5, 0.6) is 0 Å². The minimum atomic E-state index is -0.395. The molecule has 16 heavy (non-hydrogen) atoms. The molecule has 0 saturated carbocycles. The van der Waals surface area contributed by atoms with Gasteiger partial charge in [-0.1, -0.05) is 53.8 Å². The van der Waals surface area contributed by atoms with Gasteiger partial charge in [-0.2, -0.15) is 0 Å². The molecule has 0 spiro atoms. The van der Waals surface area contributed by atoms with Gasteiger partial charge in [0.15, 0.2) is 0 Å². The van der Waals surface area contributed by atoms with Crippen LogP contribution in [0.1, 0.15) is 27.7 Å². The number of hydrogen-bond donors (Lipinski definition) is 2. The number of alkyl halides is 1. The third kappa shape index (κ3) is 6.06. The highest BCUT2D eigenvalue weighted by atomic mass is 127. The lowest BCUT2D eigenvalue weighted by Gasteiger charge is -2.30. The van der Waals surface area contributed by atoms with E-state index in [4.69, 9.17) is 0 Å². The second-order valence-corrected chi connectivity index (χ2v) is 7.09. The molecule has 0 aromatic carbocycles. The van der Waals surface area contributed by atoms with Crippen LogP contribution < -0.4 is 5.32 Å². The zero-order valence-electron chi connectivity index (χ0n) is 10.9. The third-order valence-electron chi connectivity index (χ3n) is 2.48. The van der Waals surface area contributed by atoms with Gasteiger partial charge in [-0.05, 0) is 20.8 Å². The normalized spacial score (nSPS) is 22.1. The lowest BCUT2D eigenvalue weighted by atomic mass is 9.79. The van der Waals surface area contributed by atoms with E-state index in [0.29, 0.717) is 6.54 Å². The monoisotopic (exact) mass is 335 g/mol. The lowest BCUT2D eigenvalue weighted by Crippen LogP contribution is -2.48. The summed E-state index contributed by atoms with van der Waals surface area (Å²) in [4.78, 5) is 0. The van der Waals surface area contributed by atoms with Crippen molar-refractivity contribution in [3.63, 3.8) is 0 Å². The molecular weight excluding hydrogens is 312 g/mol. The topological polar surface area (TPSA) is 32.3 Å². The first kappa shape index (κ1) is 16.2. The first-order chi connectivity index (χ1) is 7.25. The molecule has 0 aliphatic rings. The predicted molar refractivity (Wildman–Crippen MR) is 83.0 cm³/mol. The van der Waals surface area contributed by atoms with Gasteiger partial charge in [-0.25, -0.2) is 0 Å². The van der Waals surface area contributed by atoms with E-state index >= 15 is 0 Å². The number of aliphatic hydroxyl groups excluding tert-OH is 1. The van der Waals surface area contributed by atoms with Crippen molar-refractivity contribution in [2.75, 3.05) is 6.54 Å². The molecule has 3 atom stereocenters. The average Bonchev–Trinajstić information content (AvgIpc) is 2.14. The molecule has 0 amide bonds. The fraction of sp³-hybridized carbons (Fsp3) is 0.667. The molecule has 0 aromatic rings. The predicted octanol–water partition coefficient (Wildman–Crippen LogP) is 1.63. The van der Waals surface area contributed by atoms with Gasteiger partial charge in [0, 0.05) is 12.0 Å². The average molecular weight is 335 g/mol. The van der Waals surface area contributed by atoms with E-state index < -0.39 is 6.10 Å². The Morgan fingerprint density at radius 2 is 1.81 bits per heavy atom. The summed E-state index contributed by atoms with van der Waals surface area (Å²) in [6, 6.07) is 0. The Bertz CT molecular complexity index is 262. The zero-order chi connectivity index (χ0) is 12.8. The maximum Gasteiger partial charge on any atom is 0.132 e. The molecule has 3 unspecified atom stereocenters. The van der Waals surface area contributed by atoms with Crippen LogP contribution in [0.15, 0.2) is 24.3 Å². The summed E-state index contributed by atoms with van der Waals surface area (Å²) in [5.74, 6) is 0. The molecule has 0 heterocycles. The zero-order valence-corrected chi connectivity index (χ0v) is 13.1. The van der Waals surface area contributed by atoms with Crippen molar-refractivity contribution in [1.29, 1.82) is 0 Å². The summed E-state index contributed by atoms with van der Waals surface area (Å²) in [6.45, 7) is 8.69. The van der Waals surface area contributed by atoms with E-state index in [2.05, 4.69) is 48.8 Å². The maximum absolute atomic E-state index is 10.1. The molecular formula is C12H23BINO. The fourth-order valence-corrected chi connectivity index (χ4v) is 2.05. The van der Waals surface area contributed by atoms with Crippen LogP contribution in [0.25, 0.3) is 0 Å². The largest absolute Gasteiger partial charge is 0.390 e. The van der Waals surface area contributed by atoms with E-state index in [1.54, 1.807) is 0 Å². The second kappa shape index (κ2) is 6.82. The molecule has 2 nitrogen and oxygen atoms in total. The second-order valence-electron chi connectivity index (χ2n) is 4.77. The van der Waals surface area contributed by atoms with Crippen molar-refractivity contribution in [3.05, 3.63) is 24.3 Å². The Balaban J connectivity index is 4.32. The van der Waals surface area contributed by atoms with Crippen LogP contribution in [0.3, 0.4) is 0 Å². The molecule has 0 fully saturated rings. The van der Waals surface area contributed by atoms with Crippen molar-refractivity contribution in [3.8, 4) is 0 Å². The summed E-state index contributed by atoms with van der Waals surface area (Å²) in [5, 5.41) is 13.4. The minimum Gasteiger partial charge on any atom is -0.390 e. The van der Waals surface area contributed by atoms with Gasteiger partial charge in [0.25, 0.3) is 0 Å². The maximum atomic E-state index is 10.1. The molecule has 4 heteroatoms. The summed E-state index contributed by atoms with van der Waals surface area (Å²) in [7, 11) is 2.10. The Hall–Kier alpha value is 0.195. The minimum absolute atomic E-state index is 0.0711. The van der Waals surface area contributed by atoms with Crippen molar-refractivity contribution >= 4 is 30.4 Å². The first-order valence-electron chi connectivity index (χ1n) is 5.65. The molecule has 0 bridgehead atoms. The van der Waals surface area contributed by atoms with Crippen LogP contribution in [-0.4, -0.2) is 34.5 Å². The standard InChI is InChI=1S/C12H23BINO/c1-5-7-11(3,14)10(16)9-15-12(4,13)8-6-2/h5-8,10,15-16H,9,13H2,1-4H3. The summed E-state index contributed by atoms with van der Waals surface area (Å²) >= 11 is 2.28. The number of nitrogens with one attached hydrogen (secondary N) is 1. The van der Waals surface area contributed by atoms with Crippen LogP contribution in [0.2, 0.25) is 0 Å². The lowest BCUT2D eigenvalue weighted by molar-refractivity contribution is 0.152. The van der Waals surface area contributed by atoms with Crippen LogP contribution in [0, 0.1) is 0 Å². The fourth-order valence-electron chi connectivity index (χ4n) is 1.47. The van der Waals surface area contributed by atoms with Gasteiger partial charge in [-0.15, -0.1) is 0 Å². The van der Waals surface area contributed by atoms with Crippen LogP contribution in [0.4, 0.5) is 0 Å². The number of halogens is 1. The van der Waals surface area contributed by atoms with E-state index in [1.807, 2.05) is 39.0 Å². The third-order valence-corrected chi connectivity index (χ3v) is 3.56. The Morgan fingerprint density at radius 3 is 2.25 bits per heavy atom. The van der Waals surface area contributed by atoms with E-state index in [1.165, 1.54) is 0 Å². The van der Waals surface area contributed by atoms with Gasteiger partial charge in [0.1, 0.15) is 7.85 Å². The highest BCUT2D eigenvalue weighted by molar-refractivity contribution is 14.1. The van der Waals surface area contributed by atoms with Crippen molar-refractivity contribution in [2.24, 2.45) is 0 Å². The van der Waals surface area contributed by atoms with Crippen LogP contribution in [-0.2, 0) is 0 Å². The number of rotatable bonds is 6. The Morgan fingerprint density at radius 1 is 1.31 bits per heavy atom. The molecule has 0 saturated heterocycles. The van der Waals surface area contributed by atoms with Gasteiger partial charge >= 0.3 is 0 Å². The summed E-state index contributed by atoms with van der Waals surface area (Å²) in [6.07, 6.45) is 7.73. The quantitative estimate of drug-likeness (QED) is 0.335. The van der Waals surface area contributed by atoms with Gasteiger partial charge in [0.05, 0.1) is 9.53 Å². The summed E-state index contributed by atoms with van der Waals surface area (Å²) < 4.78 is -0.217. The van der Waals surface area contributed by atoms with Gasteiger partial charge in [-0.3, -0.25) is 0 Å². The SMILES string of the molecule is BC(C)(C=CC)NCC(O)C(C)(I)C=CC. The van der Waals surface area contributed by atoms with E-state index in [9.17, 15) is 5.11 Å². The Kier molecular flexibility index (Phi) is 6.90. The molecule has 0 aliphatic carbocycles. The van der Waals surface area contributed by atoms with E-state index in [0.717, 1.165) is 0 Å². The number of allylic oxidation sites excluding steroid dienone is 2. The molecule has 92 valence electrons. The van der Waals surface area contributed by atoms with Crippen LogP contribution >= 0.6 is 22.6 Å². The molecule has 2 N–H and O–H groups in total. The molecule has 0 aromatic heterocycles. The number of hydrogen-bond acceptors (Lipinski definition) is 2. The van der Waals surface area contributed by atoms with Gasteiger partial charge < -0.3 is 10.4 Å². The van der Waals surface area contributed by atoms with Crippen molar-refractivity contribution in [1.82, 2.24) is 5.32 Å². The Labute approximate surface area is 114 Å². The van der Waals surface area contributed by atoms with Crippen molar-refractivity contribution in [2.45, 2.75) is 42.7 Å². The molecule has 0 radical (unpaired) electrons. The smallest absolute Gasteiger partial charge is 0.132 e. The molecule has 0 aliphatic heterocycles. The van der Waals surface area contributed by atoms with Crippen molar-refractivity contribution < 1.29 is 5.11 Å². The highest BCUT2D eigenvalue weighted by Gasteiger charge is 2.27. The summed E-state index contributed by atoms with van der Waals surface area (Å²) in [5.41, 5.74) is -0.0711. The van der Waals surface area contributed by atoms with Gasteiger partial charge in [0.2, 0.25) is 0 Å². The number of aliphatic hydroxyl groups is 1. The first-order valence-corrected chi connectivity index (χ1v) is 6.73. The van der Waals surface area contributed by atoms with E-state index in [-0.39, 0.29) is 8.86 Å². The highest BCUT2D eigenvalue weighted by Crippen LogP contribution is 2.24. The molecule has 0 rings (SSSR count).